The van der Waals surface area contributed by atoms with Crippen molar-refractivity contribution in [1.29, 1.82) is 0 Å². The van der Waals surface area contributed by atoms with Crippen LogP contribution < -0.4 is 0 Å². The second-order valence-corrected chi connectivity index (χ2v) is 17.3. The fourth-order valence-electron chi connectivity index (χ4n) is 6.15. The van der Waals surface area contributed by atoms with Crippen molar-refractivity contribution in [3.63, 3.8) is 0 Å². The van der Waals surface area contributed by atoms with Crippen molar-refractivity contribution in [3.05, 3.63) is 48.6 Å². The number of allylic oxidation sites excluding steroid dienone is 7. The van der Waals surface area contributed by atoms with Crippen LogP contribution in [0.4, 0.5) is 0 Å². The minimum atomic E-state index is -4.64. The van der Waals surface area contributed by atoms with Crippen LogP contribution in [-0.2, 0) is 32.7 Å². The second-order valence-electron chi connectivity index (χ2n) is 15.9. The Bertz CT molecular complexity index is 1150. The number of unbranched alkanes of at least 4 members (excludes halogenated alkanes) is 14. The summed E-state index contributed by atoms with van der Waals surface area (Å²) in [6, 6.07) is 0. The van der Waals surface area contributed by atoms with Gasteiger partial charge in [-0.05, 0) is 57.3 Å². The normalized spacial score (nSPS) is 15.3. The van der Waals surface area contributed by atoms with E-state index in [0.717, 1.165) is 57.3 Å². The first-order valence-corrected chi connectivity index (χ1v) is 24.6. The highest BCUT2D eigenvalue weighted by atomic mass is 31.2. The lowest BCUT2D eigenvalue weighted by Gasteiger charge is -2.20. The molecule has 0 saturated carbocycles. The largest absolute Gasteiger partial charge is 0.472 e. The van der Waals surface area contributed by atoms with E-state index >= 15 is 0 Å². The standard InChI is InChI=1S/C47H85O11P/c1-4-33-43(49)35-30-26-22-18-14-10-8-12-15-19-23-27-31-36-46(51)55-40-45(41-57-59(53,54)56-39-44(50)38-48)58-47(52)37-32-28-24-20-16-11-7-6-9-13-17-21-25-29-34-42(3)5-2/h8,12,14,18-19,23,26,30,42-45,48-50H,4-7,9-11,13,15-17,20-22,24-25,27-29,31-41H2,1-3H3,(H,53,54)/b12-8-,18-14-,23-19-,30-26-/t42?,43?,44-,45+/m0/s1. The van der Waals surface area contributed by atoms with Crippen LogP contribution >= 0.6 is 7.82 Å². The Kier molecular flexibility index (Phi) is 39.8. The summed E-state index contributed by atoms with van der Waals surface area (Å²) in [7, 11) is -4.64. The zero-order valence-electron chi connectivity index (χ0n) is 37.2. The Balaban J connectivity index is 4.36. The second kappa shape index (κ2) is 41.3. The van der Waals surface area contributed by atoms with Crippen molar-refractivity contribution in [2.45, 2.75) is 206 Å². The van der Waals surface area contributed by atoms with Gasteiger partial charge in [-0.25, -0.2) is 4.57 Å². The predicted molar refractivity (Wildman–Crippen MR) is 239 cm³/mol. The van der Waals surface area contributed by atoms with E-state index in [2.05, 4.69) is 55.7 Å². The monoisotopic (exact) mass is 857 g/mol. The number of hydrogen-bond donors (Lipinski definition) is 4. The first kappa shape index (κ1) is 56.9. The SMILES string of the molecule is CCCC(O)C/C=C\C/C=C\C/C=C\C/C=C\CCCC(=O)OC[C@H](COP(=O)(O)OC[C@@H](O)CO)OC(=O)CCCCCCCCCCCCCCCCC(C)CC. The van der Waals surface area contributed by atoms with Gasteiger partial charge in [-0.15, -0.1) is 0 Å². The van der Waals surface area contributed by atoms with Crippen molar-refractivity contribution in [2.75, 3.05) is 26.4 Å². The van der Waals surface area contributed by atoms with Gasteiger partial charge < -0.3 is 29.7 Å². The summed E-state index contributed by atoms with van der Waals surface area (Å²) in [6.07, 6.45) is 40.0. The van der Waals surface area contributed by atoms with Crippen LogP contribution in [0.3, 0.4) is 0 Å². The lowest BCUT2D eigenvalue weighted by atomic mass is 9.99. The van der Waals surface area contributed by atoms with Crippen LogP contribution in [-0.4, -0.2) is 76.9 Å². The van der Waals surface area contributed by atoms with Crippen molar-refractivity contribution in [2.24, 2.45) is 5.92 Å². The average Bonchev–Trinajstić information content (AvgIpc) is 3.22. The van der Waals surface area contributed by atoms with E-state index in [1.807, 2.05) is 18.2 Å². The molecule has 0 aromatic heterocycles. The van der Waals surface area contributed by atoms with Gasteiger partial charge in [0.25, 0.3) is 0 Å². The molecule has 0 radical (unpaired) electrons. The van der Waals surface area contributed by atoms with E-state index in [1.165, 1.54) is 77.0 Å². The van der Waals surface area contributed by atoms with Gasteiger partial charge in [0.15, 0.2) is 6.10 Å². The van der Waals surface area contributed by atoms with Gasteiger partial charge >= 0.3 is 19.8 Å². The van der Waals surface area contributed by atoms with E-state index in [9.17, 15) is 29.3 Å². The van der Waals surface area contributed by atoms with Crippen LogP contribution in [0.2, 0.25) is 0 Å². The van der Waals surface area contributed by atoms with Crippen molar-refractivity contribution in [3.8, 4) is 0 Å². The minimum Gasteiger partial charge on any atom is -0.462 e. The van der Waals surface area contributed by atoms with Crippen LogP contribution in [0, 0.1) is 5.92 Å². The lowest BCUT2D eigenvalue weighted by molar-refractivity contribution is -0.161. The van der Waals surface area contributed by atoms with Gasteiger partial charge in [0.05, 0.1) is 25.9 Å². The summed E-state index contributed by atoms with van der Waals surface area (Å²) in [4.78, 5) is 35.0. The zero-order valence-corrected chi connectivity index (χ0v) is 38.1. The van der Waals surface area contributed by atoms with E-state index < -0.39 is 51.8 Å². The number of phosphoric ester groups is 1. The lowest BCUT2D eigenvalue weighted by Crippen LogP contribution is -2.29. The zero-order chi connectivity index (χ0) is 43.7. The molecule has 0 fully saturated rings. The molecule has 0 bridgehead atoms. The van der Waals surface area contributed by atoms with Crippen LogP contribution in [0.25, 0.3) is 0 Å². The van der Waals surface area contributed by atoms with Crippen LogP contribution in [0.15, 0.2) is 48.6 Å². The molecule has 0 saturated heterocycles. The fourth-order valence-corrected chi connectivity index (χ4v) is 6.94. The van der Waals surface area contributed by atoms with Crippen molar-refractivity contribution >= 4 is 19.8 Å². The highest BCUT2D eigenvalue weighted by Crippen LogP contribution is 2.43. The van der Waals surface area contributed by atoms with Gasteiger partial charge in [-0.2, -0.15) is 0 Å². The summed E-state index contributed by atoms with van der Waals surface area (Å²) < 4.78 is 32.7. The molecule has 59 heavy (non-hydrogen) atoms. The number of esters is 2. The highest BCUT2D eigenvalue weighted by Gasteiger charge is 2.27. The number of hydrogen-bond acceptors (Lipinski definition) is 10. The van der Waals surface area contributed by atoms with E-state index in [1.54, 1.807) is 0 Å². The first-order chi connectivity index (χ1) is 28.5. The predicted octanol–water partition coefficient (Wildman–Crippen LogP) is 11.3. The number of aliphatic hydroxyl groups excluding tert-OH is 3. The number of aliphatic hydroxyl groups is 3. The number of phosphoric acid groups is 1. The van der Waals surface area contributed by atoms with Crippen molar-refractivity contribution in [1.82, 2.24) is 0 Å². The van der Waals surface area contributed by atoms with Gasteiger partial charge in [0, 0.05) is 12.8 Å². The molecule has 3 unspecified atom stereocenters. The van der Waals surface area contributed by atoms with Gasteiger partial charge in [-0.1, -0.05) is 172 Å². The van der Waals surface area contributed by atoms with Gasteiger partial charge in [0.1, 0.15) is 12.7 Å². The molecule has 0 rings (SSSR count). The Labute approximate surface area is 358 Å². The summed E-state index contributed by atoms with van der Waals surface area (Å²) >= 11 is 0. The Morgan fingerprint density at radius 3 is 1.63 bits per heavy atom. The molecule has 0 heterocycles. The third-order valence-corrected chi connectivity index (χ3v) is 11.0. The molecule has 0 amide bonds. The maximum absolute atomic E-state index is 12.6. The number of carbonyl (C=O) groups excluding carboxylic acids is 2. The Hall–Kier alpha value is -2.11. The molecule has 11 nitrogen and oxygen atoms in total. The van der Waals surface area contributed by atoms with Gasteiger partial charge in [-0.3, -0.25) is 18.6 Å². The molecule has 0 spiro atoms. The van der Waals surface area contributed by atoms with Gasteiger partial charge in [0.2, 0.25) is 0 Å². The molecule has 344 valence electrons. The van der Waals surface area contributed by atoms with E-state index in [0.29, 0.717) is 25.7 Å². The van der Waals surface area contributed by atoms with E-state index in [-0.39, 0.29) is 25.6 Å². The minimum absolute atomic E-state index is 0.151. The number of rotatable bonds is 42. The third-order valence-electron chi connectivity index (χ3n) is 10.1. The molecular formula is C47H85O11P. The smallest absolute Gasteiger partial charge is 0.462 e. The average molecular weight is 857 g/mol. The fraction of sp³-hybridized carbons (Fsp3) is 0.787. The highest BCUT2D eigenvalue weighted by molar-refractivity contribution is 7.47. The molecule has 4 N–H and O–H groups in total. The molecule has 0 aromatic rings. The van der Waals surface area contributed by atoms with Crippen LogP contribution in [0.5, 0.6) is 0 Å². The number of ether oxygens (including phenoxy) is 2. The molecule has 0 aliphatic carbocycles. The third kappa shape index (κ3) is 41.0. The molecule has 0 aromatic carbocycles. The molecule has 5 atom stereocenters. The molecule has 12 heteroatoms. The topological polar surface area (TPSA) is 169 Å². The maximum atomic E-state index is 12.6. The summed E-state index contributed by atoms with van der Waals surface area (Å²) in [5.74, 6) is -0.141. The summed E-state index contributed by atoms with van der Waals surface area (Å²) in [5, 5.41) is 28.1. The molecule has 0 aliphatic heterocycles. The quantitative estimate of drug-likeness (QED) is 0.0199. The first-order valence-electron chi connectivity index (χ1n) is 23.1. The summed E-state index contributed by atoms with van der Waals surface area (Å²) in [5.41, 5.74) is 0. The van der Waals surface area contributed by atoms with E-state index in [4.69, 9.17) is 19.1 Å². The van der Waals surface area contributed by atoms with Crippen molar-refractivity contribution < 1.29 is 52.9 Å². The molecular weight excluding hydrogens is 771 g/mol. The van der Waals surface area contributed by atoms with Crippen LogP contribution in [0.1, 0.15) is 188 Å². The Morgan fingerprint density at radius 1 is 0.593 bits per heavy atom. The number of carbonyl (C=O) groups is 2. The summed E-state index contributed by atoms with van der Waals surface area (Å²) in [6.45, 7) is 4.49. The Morgan fingerprint density at radius 2 is 1.08 bits per heavy atom. The maximum Gasteiger partial charge on any atom is 0.472 e. The molecule has 0 aliphatic rings.